The van der Waals surface area contributed by atoms with Crippen LogP contribution < -0.4 is 10.5 Å². The minimum absolute atomic E-state index is 0.117. The molecule has 0 aliphatic carbocycles. The number of aryl methyl sites for hydroxylation is 1. The zero-order chi connectivity index (χ0) is 19.0. The number of ether oxygens (including phenoxy) is 2. The van der Waals surface area contributed by atoms with E-state index in [1.807, 2.05) is 6.92 Å². The zero-order valence-corrected chi connectivity index (χ0v) is 14.9. The number of nitrogen functional groups attached to an aromatic ring is 1. The molecule has 0 spiro atoms. The average Bonchev–Trinajstić information content (AvgIpc) is 3.12. The van der Waals surface area contributed by atoms with Crippen LogP contribution in [0.2, 0.25) is 0 Å². The topological polar surface area (TPSA) is 75.2 Å². The first kappa shape index (κ1) is 17.7. The molecule has 1 fully saturated rings. The van der Waals surface area contributed by atoms with Crippen molar-refractivity contribution >= 4 is 16.7 Å². The number of anilines is 1. The van der Waals surface area contributed by atoms with Crippen LogP contribution >= 0.6 is 0 Å². The predicted molar refractivity (Wildman–Crippen MR) is 96.2 cm³/mol. The van der Waals surface area contributed by atoms with Crippen molar-refractivity contribution in [2.45, 2.75) is 39.0 Å². The largest absolute Gasteiger partial charge is 0.487 e. The van der Waals surface area contributed by atoms with Gasteiger partial charge < -0.3 is 15.2 Å². The van der Waals surface area contributed by atoms with Crippen molar-refractivity contribution in [1.82, 2.24) is 14.8 Å². The Morgan fingerprint density at radius 1 is 1.30 bits per heavy atom. The summed E-state index contributed by atoms with van der Waals surface area (Å²) < 4.78 is 41.1. The number of halogens is 2. The standard InChI is InChI=1S/C19H20F2N4O2/c1-11-12-8-24-25(17-4-2-3-7-26-17)19(12)23-9-16(11)27-10-13-14(20)5-6-15(22)18(13)21/h5-6,8-9,17H,2-4,7,10,22H2,1H3. The molecule has 2 aromatic heterocycles. The van der Waals surface area contributed by atoms with Crippen LogP contribution in [0.15, 0.2) is 24.5 Å². The van der Waals surface area contributed by atoms with Crippen molar-refractivity contribution in [2.24, 2.45) is 0 Å². The summed E-state index contributed by atoms with van der Waals surface area (Å²) >= 11 is 0. The third-order valence-corrected chi connectivity index (χ3v) is 4.86. The second-order valence-electron chi connectivity index (χ2n) is 6.61. The number of benzene rings is 1. The fraction of sp³-hybridized carbons (Fsp3) is 0.368. The Balaban J connectivity index is 1.60. The normalized spacial score (nSPS) is 17.4. The number of rotatable bonds is 4. The monoisotopic (exact) mass is 374 g/mol. The number of pyridine rings is 1. The number of nitrogens with two attached hydrogens (primary N) is 1. The van der Waals surface area contributed by atoms with Gasteiger partial charge in [0.25, 0.3) is 0 Å². The molecular formula is C19H20F2N4O2. The van der Waals surface area contributed by atoms with Gasteiger partial charge in [0, 0.05) is 17.6 Å². The molecule has 3 heterocycles. The molecule has 4 rings (SSSR count). The van der Waals surface area contributed by atoms with Gasteiger partial charge in [-0.25, -0.2) is 18.4 Å². The van der Waals surface area contributed by atoms with E-state index in [2.05, 4.69) is 10.1 Å². The van der Waals surface area contributed by atoms with Crippen LogP contribution in [-0.2, 0) is 11.3 Å². The van der Waals surface area contributed by atoms with Crippen molar-refractivity contribution < 1.29 is 18.3 Å². The van der Waals surface area contributed by atoms with Gasteiger partial charge in [0.1, 0.15) is 18.2 Å². The Bertz CT molecular complexity index is 983. The summed E-state index contributed by atoms with van der Waals surface area (Å²) in [5.74, 6) is -1.06. The summed E-state index contributed by atoms with van der Waals surface area (Å²) in [4.78, 5) is 4.44. The van der Waals surface area contributed by atoms with Crippen molar-refractivity contribution in [3.05, 3.63) is 47.3 Å². The lowest BCUT2D eigenvalue weighted by Crippen LogP contribution is -2.19. The van der Waals surface area contributed by atoms with Crippen molar-refractivity contribution in [1.29, 1.82) is 0 Å². The maximum Gasteiger partial charge on any atom is 0.160 e. The van der Waals surface area contributed by atoms with Gasteiger partial charge in [0.2, 0.25) is 0 Å². The van der Waals surface area contributed by atoms with Crippen LogP contribution in [0.25, 0.3) is 11.0 Å². The molecule has 6 nitrogen and oxygen atoms in total. The highest BCUT2D eigenvalue weighted by Crippen LogP contribution is 2.30. The first-order valence-corrected chi connectivity index (χ1v) is 8.86. The first-order valence-electron chi connectivity index (χ1n) is 8.86. The van der Waals surface area contributed by atoms with Crippen molar-refractivity contribution in [2.75, 3.05) is 12.3 Å². The van der Waals surface area contributed by atoms with E-state index in [0.29, 0.717) is 18.0 Å². The molecular weight excluding hydrogens is 354 g/mol. The molecule has 1 saturated heterocycles. The second-order valence-corrected chi connectivity index (χ2v) is 6.61. The molecule has 1 aromatic carbocycles. The molecule has 0 bridgehead atoms. The Morgan fingerprint density at radius 2 is 2.15 bits per heavy atom. The molecule has 0 amide bonds. The van der Waals surface area contributed by atoms with E-state index in [0.717, 1.165) is 36.3 Å². The smallest absolute Gasteiger partial charge is 0.160 e. The molecule has 8 heteroatoms. The van der Waals surface area contributed by atoms with E-state index < -0.39 is 11.6 Å². The lowest BCUT2D eigenvalue weighted by Gasteiger charge is -2.23. The fourth-order valence-electron chi connectivity index (χ4n) is 3.27. The Kier molecular flexibility index (Phi) is 4.65. The van der Waals surface area contributed by atoms with E-state index in [-0.39, 0.29) is 24.1 Å². The summed E-state index contributed by atoms with van der Waals surface area (Å²) in [5.41, 5.74) is 6.68. The van der Waals surface area contributed by atoms with E-state index in [4.69, 9.17) is 15.2 Å². The summed E-state index contributed by atoms with van der Waals surface area (Å²) in [6, 6.07) is 2.31. The maximum absolute atomic E-state index is 14.0. The number of hydrogen-bond acceptors (Lipinski definition) is 5. The highest BCUT2D eigenvalue weighted by molar-refractivity contribution is 5.80. The summed E-state index contributed by atoms with van der Waals surface area (Å²) in [7, 11) is 0. The second kappa shape index (κ2) is 7.11. The van der Waals surface area contributed by atoms with E-state index in [9.17, 15) is 8.78 Å². The van der Waals surface area contributed by atoms with E-state index in [1.165, 1.54) is 6.07 Å². The highest BCUT2D eigenvalue weighted by atomic mass is 19.1. The van der Waals surface area contributed by atoms with Crippen LogP contribution in [0, 0.1) is 18.6 Å². The summed E-state index contributed by atoms with van der Waals surface area (Å²) in [5, 5.41) is 5.23. The number of aromatic nitrogens is 3. The third-order valence-electron chi connectivity index (χ3n) is 4.86. The van der Waals surface area contributed by atoms with Crippen molar-refractivity contribution in [3.8, 4) is 5.75 Å². The van der Waals surface area contributed by atoms with Crippen molar-refractivity contribution in [3.63, 3.8) is 0 Å². The van der Waals surface area contributed by atoms with Crippen LogP contribution in [0.3, 0.4) is 0 Å². The zero-order valence-electron chi connectivity index (χ0n) is 14.9. The van der Waals surface area contributed by atoms with Crippen LogP contribution in [0.5, 0.6) is 5.75 Å². The SMILES string of the molecule is Cc1c(OCc2c(F)ccc(N)c2F)cnc2c1cnn2C1CCCCO1. The van der Waals surface area contributed by atoms with Crippen LogP contribution in [0.4, 0.5) is 14.5 Å². The molecule has 1 atom stereocenters. The quantitative estimate of drug-likeness (QED) is 0.702. The first-order chi connectivity index (χ1) is 13.1. The van der Waals surface area contributed by atoms with Gasteiger partial charge in [0.05, 0.1) is 23.6 Å². The summed E-state index contributed by atoms with van der Waals surface area (Å²) in [6.45, 7) is 2.29. The van der Waals surface area contributed by atoms with Crippen LogP contribution in [-0.4, -0.2) is 21.4 Å². The summed E-state index contributed by atoms with van der Waals surface area (Å²) in [6.07, 6.45) is 6.17. The molecule has 1 aliphatic heterocycles. The van der Waals surface area contributed by atoms with E-state index in [1.54, 1.807) is 17.1 Å². The van der Waals surface area contributed by atoms with Gasteiger partial charge in [-0.3, -0.25) is 0 Å². The molecule has 27 heavy (non-hydrogen) atoms. The third kappa shape index (κ3) is 3.21. The van der Waals surface area contributed by atoms with Gasteiger partial charge in [0.15, 0.2) is 17.7 Å². The predicted octanol–water partition coefficient (Wildman–Crippen LogP) is 3.88. The molecule has 0 radical (unpaired) electrons. The van der Waals surface area contributed by atoms with Gasteiger partial charge in [-0.1, -0.05) is 0 Å². The minimum Gasteiger partial charge on any atom is -0.487 e. The molecule has 1 unspecified atom stereocenters. The van der Waals surface area contributed by atoms with Crippen LogP contribution in [0.1, 0.15) is 36.6 Å². The van der Waals surface area contributed by atoms with Gasteiger partial charge in [-0.15, -0.1) is 0 Å². The average molecular weight is 374 g/mol. The lowest BCUT2D eigenvalue weighted by atomic mass is 10.1. The number of nitrogens with zero attached hydrogens (tertiary/aromatic N) is 3. The molecule has 3 aromatic rings. The lowest BCUT2D eigenvalue weighted by molar-refractivity contribution is -0.0370. The molecule has 142 valence electrons. The minimum atomic E-state index is -0.802. The Hall–Kier alpha value is -2.74. The molecule has 1 aliphatic rings. The molecule has 0 saturated carbocycles. The molecule has 2 N–H and O–H groups in total. The van der Waals surface area contributed by atoms with Gasteiger partial charge in [-0.05, 0) is 38.3 Å². The number of hydrogen-bond donors (Lipinski definition) is 1. The fourth-order valence-corrected chi connectivity index (χ4v) is 3.27. The highest BCUT2D eigenvalue weighted by Gasteiger charge is 2.21. The van der Waals surface area contributed by atoms with E-state index >= 15 is 0 Å². The Labute approximate surface area is 154 Å². The van der Waals surface area contributed by atoms with Gasteiger partial charge in [-0.2, -0.15) is 5.10 Å². The van der Waals surface area contributed by atoms with Gasteiger partial charge >= 0.3 is 0 Å². The maximum atomic E-state index is 14.0. The number of fused-ring (bicyclic) bond motifs is 1. The Morgan fingerprint density at radius 3 is 2.93 bits per heavy atom.